The minimum Gasteiger partial charge on any atom is -0.264 e. The van der Waals surface area contributed by atoms with Gasteiger partial charge in [-0.05, 0) is 55.1 Å². The summed E-state index contributed by atoms with van der Waals surface area (Å²) in [6.07, 6.45) is 7.43. The molecule has 0 radical (unpaired) electrons. The van der Waals surface area contributed by atoms with Crippen LogP contribution in [-0.2, 0) is 5.92 Å². The van der Waals surface area contributed by atoms with E-state index in [0.29, 0.717) is 5.92 Å². The number of nitrogens with zero attached hydrogens (tertiary/aromatic N) is 1. The van der Waals surface area contributed by atoms with Crippen molar-refractivity contribution in [3.63, 3.8) is 0 Å². The molecule has 0 aromatic carbocycles. The first-order chi connectivity index (χ1) is 9.89. The zero-order valence-corrected chi connectivity index (χ0v) is 14.0. The van der Waals surface area contributed by atoms with Crippen LogP contribution in [0.15, 0.2) is 18.5 Å². The van der Waals surface area contributed by atoms with E-state index in [0.717, 1.165) is 44.1 Å². The number of rotatable bonds is 3. The lowest BCUT2D eigenvalue weighted by Gasteiger charge is -2.32. The van der Waals surface area contributed by atoms with Crippen LogP contribution in [0.3, 0.4) is 0 Å². The average Bonchev–Trinajstić information content (AvgIpc) is 2.48. The van der Waals surface area contributed by atoms with Crippen molar-refractivity contribution >= 4 is 0 Å². The smallest absolute Gasteiger partial charge is 0.264 e. The molecule has 120 valence electrons. The standard InChI is InChI=1S/C16H23F2N.C2H6/c1-11(2)12-4-6-13(7-5-12)14-10-19-9-8-15(14)16(3,17)18;1-2/h8-13H,4-7H2,1-3H3;1-2H3. The molecule has 1 aromatic rings. The lowest BCUT2D eigenvalue weighted by Crippen LogP contribution is -2.20. The lowest BCUT2D eigenvalue weighted by atomic mass is 9.74. The third-order valence-electron chi connectivity index (χ3n) is 4.48. The molecule has 21 heavy (non-hydrogen) atoms. The summed E-state index contributed by atoms with van der Waals surface area (Å²) < 4.78 is 27.3. The van der Waals surface area contributed by atoms with Gasteiger partial charge in [0, 0.05) is 24.9 Å². The van der Waals surface area contributed by atoms with Gasteiger partial charge >= 0.3 is 0 Å². The Balaban J connectivity index is 0.00000106. The number of pyridine rings is 1. The van der Waals surface area contributed by atoms with Gasteiger partial charge in [-0.2, -0.15) is 0 Å². The second kappa shape index (κ2) is 7.86. The maximum Gasteiger partial charge on any atom is 0.270 e. The Labute approximate surface area is 128 Å². The highest BCUT2D eigenvalue weighted by molar-refractivity contribution is 5.31. The van der Waals surface area contributed by atoms with Crippen molar-refractivity contribution < 1.29 is 8.78 Å². The maximum atomic E-state index is 13.6. The second-order valence-electron chi connectivity index (χ2n) is 6.21. The van der Waals surface area contributed by atoms with Gasteiger partial charge in [0.25, 0.3) is 5.92 Å². The van der Waals surface area contributed by atoms with E-state index in [1.165, 1.54) is 12.3 Å². The molecule has 0 amide bonds. The summed E-state index contributed by atoms with van der Waals surface area (Å²) in [7, 11) is 0. The Bertz CT molecular complexity index is 415. The summed E-state index contributed by atoms with van der Waals surface area (Å²) in [5, 5.41) is 0. The van der Waals surface area contributed by atoms with Crippen LogP contribution in [0.4, 0.5) is 8.78 Å². The molecule has 0 N–H and O–H groups in total. The van der Waals surface area contributed by atoms with Crippen LogP contribution in [0.25, 0.3) is 0 Å². The maximum absolute atomic E-state index is 13.6. The van der Waals surface area contributed by atoms with E-state index in [2.05, 4.69) is 18.8 Å². The van der Waals surface area contributed by atoms with Crippen LogP contribution in [-0.4, -0.2) is 4.98 Å². The minimum absolute atomic E-state index is 0.162. The number of hydrogen-bond donors (Lipinski definition) is 0. The quantitative estimate of drug-likeness (QED) is 0.652. The highest BCUT2D eigenvalue weighted by Crippen LogP contribution is 2.42. The number of hydrogen-bond acceptors (Lipinski definition) is 1. The van der Waals surface area contributed by atoms with E-state index in [4.69, 9.17) is 0 Å². The number of aromatic nitrogens is 1. The van der Waals surface area contributed by atoms with Crippen LogP contribution in [0.2, 0.25) is 0 Å². The Morgan fingerprint density at radius 3 is 2.19 bits per heavy atom. The summed E-state index contributed by atoms with van der Waals surface area (Å²) in [4.78, 5) is 4.05. The SMILES string of the molecule is CC.CC(C)C1CCC(c2cnccc2C(C)(F)F)CC1. The zero-order chi connectivity index (χ0) is 16.0. The summed E-state index contributed by atoms with van der Waals surface area (Å²) >= 11 is 0. The van der Waals surface area contributed by atoms with E-state index in [1.807, 2.05) is 13.8 Å². The highest BCUT2D eigenvalue weighted by Gasteiger charge is 2.32. The van der Waals surface area contributed by atoms with Gasteiger partial charge in [0.05, 0.1) is 0 Å². The van der Waals surface area contributed by atoms with E-state index < -0.39 is 5.92 Å². The van der Waals surface area contributed by atoms with Gasteiger partial charge in [0.2, 0.25) is 0 Å². The Hall–Kier alpha value is -0.990. The lowest BCUT2D eigenvalue weighted by molar-refractivity contribution is 0.0157. The molecule has 1 aliphatic rings. The summed E-state index contributed by atoms with van der Waals surface area (Å²) in [5.74, 6) is -1.07. The molecule has 0 aliphatic heterocycles. The van der Waals surface area contributed by atoms with E-state index in [-0.39, 0.29) is 11.5 Å². The first-order valence-electron chi connectivity index (χ1n) is 8.21. The van der Waals surface area contributed by atoms with Crippen molar-refractivity contribution in [3.05, 3.63) is 29.6 Å². The third-order valence-corrected chi connectivity index (χ3v) is 4.48. The molecular weight excluding hydrogens is 268 g/mol. The minimum atomic E-state index is -2.77. The molecule has 1 aromatic heterocycles. The van der Waals surface area contributed by atoms with Crippen LogP contribution in [0.1, 0.15) is 77.3 Å². The molecule has 1 heterocycles. The van der Waals surface area contributed by atoms with Gasteiger partial charge in [-0.1, -0.05) is 27.7 Å². The normalized spacial score (nSPS) is 22.7. The van der Waals surface area contributed by atoms with E-state index in [9.17, 15) is 8.78 Å². The molecule has 1 fully saturated rings. The van der Waals surface area contributed by atoms with Gasteiger partial charge in [0.15, 0.2) is 0 Å². The molecule has 3 heteroatoms. The average molecular weight is 297 g/mol. The van der Waals surface area contributed by atoms with Crippen LogP contribution in [0.5, 0.6) is 0 Å². The van der Waals surface area contributed by atoms with Crippen molar-refractivity contribution in [2.24, 2.45) is 11.8 Å². The fourth-order valence-electron chi connectivity index (χ4n) is 3.23. The van der Waals surface area contributed by atoms with Crippen LogP contribution < -0.4 is 0 Å². The molecule has 0 atom stereocenters. The fourth-order valence-corrected chi connectivity index (χ4v) is 3.23. The Kier molecular flexibility index (Phi) is 6.76. The zero-order valence-electron chi connectivity index (χ0n) is 14.0. The monoisotopic (exact) mass is 297 g/mol. The van der Waals surface area contributed by atoms with Gasteiger partial charge in [-0.3, -0.25) is 4.98 Å². The fraction of sp³-hybridized carbons (Fsp3) is 0.722. The van der Waals surface area contributed by atoms with Gasteiger partial charge in [-0.15, -0.1) is 0 Å². The van der Waals surface area contributed by atoms with Gasteiger partial charge in [-0.25, -0.2) is 8.78 Å². The third kappa shape index (κ3) is 4.76. The molecular formula is C18H29F2N. The molecule has 0 bridgehead atoms. The van der Waals surface area contributed by atoms with Crippen molar-refractivity contribution in [1.29, 1.82) is 0 Å². The molecule has 1 aliphatic carbocycles. The molecule has 1 saturated carbocycles. The first kappa shape index (κ1) is 18.1. The second-order valence-corrected chi connectivity index (χ2v) is 6.21. The summed E-state index contributed by atoms with van der Waals surface area (Å²) in [6, 6.07) is 1.48. The van der Waals surface area contributed by atoms with Crippen molar-refractivity contribution in [2.45, 2.75) is 72.1 Å². The molecule has 2 rings (SSSR count). The predicted octanol–water partition coefficient (Wildman–Crippen LogP) is 6.15. The Morgan fingerprint density at radius 1 is 1.14 bits per heavy atom. The van der Waals surface area contributed by atoms with Crippen molar-refractivity contribution in [2.75, 3.05) is 0 Å². The molecule has 0 spiro atoms. The highest BCUT2D eigenvalue weighted by atomic mass is 19.3. The largest absolute Gasteiger partial charge is 0.270 e. The van der Waals surface area contributed by atoms with Gasteiger partial charge < -0.3 is 0 Å². The van der Waals surface area contributed by atoms with E-state index in [1.54, 1.807) is 6.20 Å². The van der Waals surface area contributed by atoms with Crippen LogP contribution >= 0.6 is 0 Å². The number of alkyl halides is 2. The first-order valence-corrected chi connectivity index (χ1v) is 8.21. The molecule has 0 unspecified atom stereocenters. The number of halogens is 2. The van der Waals surface area contributed by atoms with Crippen molar-refractivity contribution in [1.82, 2.24) is 4.98 Å². The predicted molar refractivity (Wildman–Crippen MR) is 84.7 cm³/mol. The molecule has 1 nitrogen and oxygen atoms in total. The van der Waals surface area contributed by atoms with E-state index >= 15 is 0 Å². The Morgan fingerprint density at radius 2 is 1.71 bits per heavy atom. The summed E-state index contributed by atoms with van der Waals surface area (Å²) in [5.41, 5.74) is 0.924. The topological polar surface area (TPSA) is 12.9 Å². The van der Waals surface area contributed by atoms with Crippen LogP contribution in [0, 0.1) is 11.8 Å². The van der Waals surface area contributed by atoms with Gasteiger partial charge in [0.1, 0.15) is 0 Å². The molecule has 0 saturated heterocycles. The van der Waals surface area contributed by atoms with Crippen molar-refractivity contribution in [3.8, 4) is 0 Å². The summed E-state index contributed by atoms with van der Waals surface area (Å²) in [6.45, 7) is 9.48.